The van der Waals surface area contributed by atoms with E-state index >= 15 is 0 Å². The van der Waals surface area contributed by atoms with Crippen molar-refractivity contribution < 1.29 is 0 Å². The van der Waals surface area contributed by atoms with Crippen molar-refractivity contribution in [3.8, 4) is 0 Å². The Bertz CT molecular complexity index is 311. The average molecular weight is 318 g/mol. The summed E-state index contributed by atoms with van der Waals surface area (Å²) in [6.07, 6.45) is 6.44. The molecule has 98 valence electrons. The largest absolute Gasteiger partial charge is 0.316 e. The van der Waals surface area contributed by atoms with E-state index < -0.39 is 0 Å². The second-order valence-electron chi connectivity index (χ2n) is 4.64. The monoisotopic (exact) mass is 317 g/mol. The summed E-state index contributed by atoms with van der Waals surface area (Å²) in [7, 11) is 2.10. The van der Waals surface area contributed by atoms with Crippen LogP contribution in [0.2, 0.25) is 0 Å². The molecule has 0 aliphatic carbocycles. The number of likely N-dealkylation sites (N-methyl/N-ethyl adjacent to an activating group) is 1. The third-order valence-electron chi connectivity index (χ3n) is 3.44. The first kappa shape index (κ1) is 15.2. The third-order valence-corrected chi connectivity index (χ3v) is 5.16. The molecule has 1 rings (SSSR count). The molecule has 0 aliphatic heterocycles. The molecule has 17 heavy (non-hydrogen) atoms. The van der Waals surface area contributed by atoms with Gasteiger partial charge in [0.25, 0.3) is 0 Å². The standard InChI is InChI=1S/C14H24BrNS/c1-4-6-7-11(5-2)14(16-3)9-13-8-12(15)10-17-13/h8,10-11,14,16H,4-7,9H2,1-3H3. The van der Waals surface area contributed by atoms with E-state index in [4.69, 9.17) is 0 Å². The fraction of sp³-hybridized carbons (Fsp3) is 0.714. The highest BCUT2D eigenvalue weighted by molar-refractivity contribution is 9.10. The van der Waals surface area contributed by atoms with Gasteiger partial charge in [0.05, 0.1) is 0 Å². The van der Waals surface area contributed by atoms with E-state index in [9.17, 15) is 0 Å². The van der Waals surface area contributed by atoms with Gasteiger partial charge in [0, 0.05) is 20.8 Å². The summed E-state index contributed by atoms with van der Waals surface area (Å²) in [5.74, 6) is 0.806. The van der Waals surface area contributed by atoms with Gasteiger partial charge >= 0.3 is 0 Å². The Morgan fingerprint density at radius 2 is 2.18 bits per heavy atom. The van der Waals surface area contributed by atoms with Crippen molar-refractivity contribution in [1.82, 2.24) is 5.32 Å². The summed E-state index contributed by atoms with van der Waals surface area (Å²) in [5, 5.41) is 5.69. The smallest absolute Gasteiger partial charge is 0.0285 e. The maximum Gasteiger partial charge on any atom is 0.0285 e. The second-order valence-corrected chi connectivity index (χ2v) is 6.55. The maximum absolute atomic E-state index is 3.53. The van der Waals surface area contributed by atoms with E-state index in [2.05, 4.69) is 53.6 Å². The van der Waals surface area contributed by atoms with Gasteiger partial charge in [-0.3, -0.25) is 0 Å². The first-order chi connectivity index (χ1) is 8.21. The normalized spacial score (nSPS) is 14.8. The Morgan fingerprint density at radius 3 is 2.65 bits per heavy atom. The van der Waals surface area contributed by atoms with E-state index in [1.54, 1.807) is 0 Å². The van der Waals surface area contributed by atoms with Crippen LogP contribution in [0.25, 0.3) is 0 Å². The van der Waals surface area contributed by atoms with Crippen LogP contribution >= 0.6 is 27.3 Å². The third kappa shape index (κ3) is 5.11. The molecule has 0 fully saturated rings. The van der Waals surface area contributed by atoms with Crippen LogP contribution < -0.4 is 5.32 Å². The lowest BCUT2D eigenvalue weighted by Crippen LogP contribution is -2.35. The van der Waals surface area contributed by atoms with Gasteiger partial charge in [0.15, 0.2) is 0 Å². The summed E-state index contributed by atoms with van der Waals surface area (Å²) in [6, 6.07) is 2.87. The van der Waals surface area contributed by atoms with Gasteiger partial charge in [-0.25, -0.2) is 0 Å². The van der Waals surface area contributed by atoms with Crippen molar-refractivity contribution in [3.05, 3.63) is 20.8 Å². The van der Waals surface area contributed by atoms with Crippen LogP contribution in [0.4, 0.5) is 0 Å². The highest BCUT2D eigenvalue weighted by atomic mass is 79.9. The highest BCUT2D eigenvalue weighted by Gasteiger charge is 2.18. The Morgan fingerprint density at radius 1 is 1.41 bits per heavy atom. The molecule has 0 amide bonds. The quantitative estimate of drug-likeness (QED) is 0.722. The predicted molar refractivity (Wildman–Crippen MR) is 81.9 cm³/mol. The molecule has 0 saturated carbocycles. The number of hydrogen-bond donors (Lipinski definition) is 1. The molecule has 0 bridgehead atoms. The van der Waals surface area contributed by atoms with E-state index in [1.165, 1.54) is 35.0 Å². The topological polar surface area (TPSA) is 12.0 Å². The molecule has 1 nitrogen and oxygen atoms in total. The summed E-state index contributed by atoms with van der Waals surface area (Å²) < 4.78 is 1.22. The minimum absolute atomic E-state index is 0.622. The Balaban J connectivity index is 2.56. The molecule has 1 N–H and O–H groups in total. The molecule has 0 radical (unpaired) electrons. The van der Waals surface area contributed by atoms with Crippen LogP contribution in [-0.2, 0) is 6.42 Å². The van der Waals surface area contributed by atoms with Crippen LogP contribution in [0.3, 0.4) is 0 Å². The minimum atomic E-state index is 0.622. The van der Waals surface area contributed by atoms with E-state index in [1.807, 2.05) is 11.3 Å². The van der Waals surface area contributed by atoms with Crippen LogP contribution in [0.5, 0.6) is 0 Å². The van der Waals surface area contributed by atoms with Gasteiger partial charge in [-0.15, -0.1) is 11.3 Å². The molecule has 1 aromatic heterocycles. The fourth-order valence-electron chi connectivity index (χ4n) is 2.34. The molecule has 1 heterocycles. The van der Waals surface area contributed by atoms with Gasteiger partial charge in [-0.05, 0) is 47.8 Å². The van der Waals surface area contributed by atoms with Gasteiger partial charge < -0.3 is 5.32 Å². The lowest BCUT2D eigenvalue weighted by Gasteiger charge is -2.25. The zero-order valence-electron chi connectivity index (χ0n) is 11.1. The molecule has 2 atom stereocenters. The molecular formula is C14H24BrNS. The van der Waals surface area contributed by atoms with E-state index in [-0.39, 0.29) is 0 Å². The van der Waals surface area contributed by atoms with Crippen molar-refractivity contribution in [2.24, 2.45) is 5.92 Å². The number of hydrogen-bond acceptors (Lipinski definition) is 2. The fourth-order valence-corrected chi connectivity index (χ4v) is 3.85. The molecule has 0 aliphatic rings. The zero-order valence-corrected chi connectivity index (χ0v) is 13.5. The summed E-state index contributed by atoms with van der Waals surface area (Å²) in [4.78, 5) is 1.48. The van der Waals surface area contributed by atoms with Gasteiger partial charge in [0.2, 0.25) is 0 Å². The van der Waals surface area contributed by atoms with Crippen molar-refractivity contribution in [3.63, 3.8) is 0 Å². The zero-order chi connectivity index (χ0) is 12.7. The Labute approximate surface area is 118 Å². The first-order valence-electron chi connectivity index (χ1n) is 6.61. The number of nitrogens with one attached hydrogen (secondary N) is 1. The second kappa shape index (κ2) is 8.28. The van der Waals surface area contributed by atoms with Crippen molar-refractivity contribution in [1.29, 1.82) is 0 Å². The van der Waals surface area contributed by atoms with Gasteiger partial charge in [-0.2, -0.15) is 0 Å². The number of halogens is 1. The Hall–Kier alpha value is 0.140. The SMILES string of the molecule is CCCCC(CC)C(Cc1cc(Br)cs1)NC. The Kier molecular flexibility index (Phi) is 7.40. The summed E-state index contributed by atoms with van der Waals surface area (Å²) >= 11 is 5.39. The van der Waals surface area contributed by atoms with Gasteiger partial charge in [-0.1, -0.05) is 33.1 Å². The molecule has 3 heteroatoms. The van der Waals surface area contributed by atoms with Crippen molar-refractivity contribution in [2.45, 2.75) is 52.0 Å². The van der Waals surface area contributed by atoms with E-state index in [0.29, 0.717) is 6.04 Å². The molecule has 0 aromatic carbocycles. The maximum atomic E-state index is 3.53. The van der Waals surface area contributed by atoms with E-state index in [0.717, 1.165) is 12.3 Å². The van der Waals surface area contributed by atoms with Crippen LogP contribution in [0, 0.1) is 5.92 Å². The summed E-state index contributed by atoms with van der Waals surface area (Å²) in [6.45, 7) is 4.59. The van der Waals surface area contributed by atoms with Crippen molar-refractivity contribution >= 4 is 27.3 Å². The average Bonchev–Trinajstić information content (AvgIpc) is 2.74. The first-order valence-corrected chi connectivity index (χ1v) is 8.28. The highest BCUT2D eigenvalue weighted by Crippen LogP contribution is 2.25. The minimum Gasteiger partial charge on any atom is -0.316 e. The predicted octanol–water partition coefficient (Wildman–Crippen LogP) is 4.86. The molecule has 2 unspecified atom stereocenters. The number of unbranched alkanes of at least 4 members (excludes halogenated alkanes) is 1. The molecule has 0 spiro atoms. The van der Waals surface area contributed by atoms with Gasteiger partial charge in [0.1, 0.15) is 0 Å². The number of thiophene rings is 1. The lowest BCUT2D eigenvalue weighted by molar-refractivity contribution is 0.331. The summed E-state index contributed by atoms with van der Waals surface area (Å²) in [5.41, 5.74) is 0. The lowest BCUT2D eigenvalue weighted by atomic mass is 9.89. The van der Waals surface area contributed by atoms with Crippen LogP contribution in [0.15, 0.2) is 15.9 Å². The molecular weight excluding hydrogens is 294 g/mol. The molecule has 0 saturated heterocycles. The number of rotatable bonds is 8. The molecule has 1 aromatic rings. The van der Waals surface area contributed by atoms with Crippen molar-refractivity contribution in [2.75, 3.05) is 7.05 Å². The van der Waals surface area contributed by atoms with Crippen LogP contribution in [0.1, 0.15) is 44.4 Å². The van der Waals surface area contributed by atoms with Crippen LogP contribution in [-0.4, -0.2) is 13.1 Å².